The Balaban J connectivity index is 1.73. The van der Waals surface area contributed by atoms with E-state index < -0.39 is 0 Å². The van der Waals surface area contributed by atoms with Crippen LogP contribution in [0.2, 0.25) is 5.02 Å². The molecule has 0 saturated heterocycles. The molecular formula is C21H15ClN4O. The van der Waals surface area contributed by atoms with Gasteiger partial charge >= 0.3 is 0 Å². The highest BCUT2D eigenvalue weighted by atomic mass is 35.5. The molecule has 0 bridgehead atoms. The smallest absolute Gasteiger partial charge is 0.288 e. The molecule has 0 radical (unpaired) electrons. The van der Waals surface area contributed by atoms with Gasteiger partial charge < -0.3 is 4.98 Å². The molecule has 27 heavy (non-hydrogen) atoms. The predicted octanol–water partition coefficient (Wildman–Crippen LogP) is 4.65. The summed E-state index contributed by atoms with van der Waals surface area (Å²) in [5.74, 6) is -0.346. The molecule has 2 aromatic carbocycles. The van der Waals surface area contributed by atoms with E-state index in [1.807, 2.05) is 48.5 Å². The van der Waals surface area contributed by atoms with Gasteiger partial charge in [0.25, 0.3) is 5.91 Å². The molecule has 0 spiro atoms. The highest BCUT2D eigenvalue weighted by molar-refractivity contribution is 6.34. The first-order chi connectivity index (χ1) is 13.2. The van der Waals surface area contributed by atoms with Crippen LogP contribution in [0.1, 0.15) is 16.1 Å². The molecule has 0 aliphatic heterocycles. The van der Waals surface area contributed by atoms with Crippen LogP contribution in [-0.2, 0) is 0 Å². The number of amides is 1. The molecule has 0 saturated carbocycles. The van der Waals surface area contributed by atoms with E-state index in [-0.39, 0.29) is 5.91 Å². The summed E-state index contributed by atoms with van der Waals surface area (Å²) in [5, 5.41) is 5.53. The summed E-state index contributed by atoms with van der Waals surface area (Å²) >= 11 is 6.39. The van der Waals surface area contributed by atoms with E-state index in [9.17, 15) is 4.79 Å². The first-order valence-corrected chi connectivity index (χ1v) is 8.71. The van der Waals surface area contributed by atoms with Crippen molar-refractivity contribution in [3.05, 3.63) is 89.3 Å². The first kappa shape index (κ1) is 17.0. The van der Waals surface area contributed by atoms with Gasteiger partial charge in [-0.3, -0.25) is 9.78 Å². The average Bonchev–Trinajstić information content (AvgIpc) is 3.09. The van der Waals surface area contributed by atoms with Crippen molar-refractivity contribution in [1.82, 2.24) is 15.4 Å². The number of carbonyl (C=O) groups excluding carboxylic acids is 1. The minimum atomic E-state index is -0.346. The second-order valence-electron chi connectivity index (χ2n) is 5.89. The van der Waals surface area contributed by atoms with E-state index in [0.29, 0.717) is 10.7 Å². The minimum absolute atomic E-state index is 0.346. The highest BCUT2D eigenvalue weighted by Crippen LogP contribution is 2.36. The lowest BCUT2D eigenvalue weighted by Gasteiger charge is -2.06. The number of nitrogens with zero attached hydrogens (tertiary/aromatic N) is 2. The standard InChI is InChI=1S/C21H15ClN4O/c22-17-9-3-1-7-15(17)19-16-8-2-4-10-18(16)25-20(19)21(27)26-24-13-14-6-5-11-23-12-14/h1-13,25H,(H,26,27). The van der Waals surface area contributed by atoms with Gasteiger partial charge in [0.15, 0.2) is 0 Å². The third-order valence-corrected chi connectivity index (χ3v) is 4.47. The lowest BCUT2D eigenvalue weighted by Crippen LogP contribution is -2.18. The molecule has 1 amide bonds. The summed E-state index contributed by atoms with van der Waals surface area (Å²) in [6.45, 7) is 0. The maximum atomic E-state index is 12.8. The van der Waals surface area contributed by atoms with Gasteiger partial charge in [-0.25, -0.2) is 5.43 Å². The number of hydrogen-bond donors (Lipinski definition) is 2. The largest absolute Gasteiger partial charge is 0.350 e. The Morgan fingerprint density at radius 2 is 1.89 bits per heavy atom. The molecule has 0 fully saturated rings. The molecule has 5 nitrogen and oxygen atoms in total. The predicted molar refractivity (Wildman–Crippen MR) is 108 cm³/mol. The number of hydrazone groups is 1. The van der Waals surface area contributed by atoms with E-state index in [2.05, 4.69) is 20.5 Å². The molecule has 2 heterocycles. The minimum Gasteiger partial charge on any atom is -0.350 e. The molecule has 0 atom stereocenters. The van der Waals surface area contributed by atoms with Gasteiger partial charge in [0, 0.05) is 45.0 Å². The zero-order valence-electron chi connectivity index (χ0n) is 14.2. The number of fused-ring (bicyclic) bond motifs is 1. The van der Waals surface area contributed by atoms with Crippen molar-refractivity contribution in [2.24, 2.45) is 5.10 Å². The number of aromatic amines is 1. The number of H-pyrrole nitrogens is 1. The third kappa shape index (κ3) is 3.45. The second-order valence-corrected chi connectivity index (χ2v) is 6.29. The topological polar surface area (TPSA) is 70.1 Å². The molecule has 132 valence electrons. The van der Waals surface area contributed by atoms with Crippen LogP contribution in [0.4, 0.5) is 0 Å². The van der Waals surface area contributed by atoms with Crippen molar-refractivity contribution >= 4 is 34.6 Å². The summed E-state index contributed by atoms with van der Waals surface area (Å²) in [7, 11) is 0. The maximum absolute atomic E-state index is 12.8. The van der Waals surface area contributed by atoms with Crippen LogP contribution in [-0.4, -0.2) is 22.1 Å². The summed E-state index contributed by atoms with van der Waals surface area (Å²) < 4.78 is 0. The van der Waals surface area contributed by atoms with Crippen LogP contribution in [0.3, 0.4) is 0 Å². The molecule has 2 aromatic heterocycles. The number of para-hydroxylation sites is 1. The number of nitrogens with one attached hydrogen (secondary N) is 2. The van der Waals surface area contributed by atoms with Gasteiger partial charge in [-0.15, -0.1) is 0 Å². The van der Waals surface area contributed by atoms with E-state index in [4.69, 9.17) is 11.6 Å². The Bertz CT molecular complexity index is 1140. The monoisotopic (exact) mass is 374 g/mol. The number of benzene rings is 2. The van der Waals surface area contributed by atoms with Gasteiger partial charge in [-0.05, 0) is 18.2 Å². The first-order valence-electron chi connectivity index (χ1n) is 8.33. The van der Waals surface area contributed by atoms with Gasteiger partial charge in [0.05, 0.1) is 6.21 Å². The Morgan fingerprint density at radius 3 is 2.70 bits per heavy atom. The fraction of sp³-hybridized carbons (Fsp3) is 0. The molecular weight excluding hydrogens is 360 g/mol. The highest BCUT2D eigenvalue weighted by Gasteiger charge is 2.20. The zero-order valence-corrected chi connectivity index (χ0v) is 14.9. The fourth-order valence-electron chi connectivity index (χ4n) is 2.93. The normalized spacial score (nSPS) is 11.1. The zero-order chi connectivity index (χ0) is 18.6. The number of aromatic nitrogens is 2. The van der Waals surface area contributed by atoms with E-state index in [1.165, 1.54) is 0 Å². The second kappa shape index (κ2) is 7.43. The van der Waals surface area contributed by atoms with Crippen LogP contribution in [0.5, 0.6) is 0 Å². The molecule has 0 unspecified atom stereocenters. The number of halogens is 1. The van der Waals surface area contributed by atoms with Crippen LogP contribution in [0, 0.1) is 0 Å². The van der Waals surface area contributed by atoms with Crippen molar-refractivity contribution < 1.29 is 4.79 Å². The van der Waals surface area contributed by atoms with Gasteiger partial charge in [-0.2, -0.15) is 5.10 Å². The summed E-state index contributed by atoms with van der Waals surface area (Å²) in [6, 6.07) is 18.8. The Hall–Kier alpha value is -3.44. The van der Waals surface area contributed by atoms with Crippen molar-refractivity contribution in [1.29, 1.82) is 0 Å². The van der Waals surface area contributed by atoms with Crippen LogP contribution in [0.25, 0.3) is 22.0 Å². The fourth-order valence-corrected chi connectivity index (χ4v) is 3.16. The average molecular weight is 375 g/mol. The summed E-state index contributed by atoms with van der Waals surface area (Å²) in [6.07, 6.45) is 4.88. The quantitative estimate of drug-likeness (QED) is 0.403. The van der Waals surface area contributed by atoms with Crippen LogP contribution in [0.15, 0.2) is 78.2 Å². The maximum Gasteiger partial charge on any atom is 0.288 e. The Kier molecular flexibility index (Phi) is 4.68. The molecule has 6 heteroatoms. The SMILES string of the molecule is O=C(NN=Cc1cccnc1)c1[nH]c2ccccc2c1-c1ccccc1Cl. The van der Waals surface area contributed by atoms with Gasteiger partial charge in [0.1, 0.15) is 5.69 Å². The van der Waals surface area contributed by atoms with Gasteiger partial charge in [0.2, 0.25) is 0 Å². The number of hydrogen-bond acceptors (Lipinski definition) is 3. The Morgan fingerprint density at radius 1 is 1.07 bits per heavy atom. The molecule has 0 aliphatic carbocycles. The van der Waals surface area contributed by atoms with Crippen molar-refractivity contribution in [2.45, 2.75) is 0 Å². The third-order valence-electron chi connectivity index (χ3n) is 4.14. The summed E-state index contributed by atoms with van der Waals surface area (Å²) in [5.41, 5.74) is 6.17. The molecule has 0 aliphatic rings. The molecule has 4 aromatic rings. The number of carbonyl (C=O) groups is 1. The van der Waals surface area contributed by atoms with Crippen molar-refractivity contribution in [3.8, 4) is 11.1 Å². The van der Waals surface area contributed by atoms with Crippen molar-refractivity contribution in [3.63, 3.8) is 0 Å². The lowest BCUT2D eigenvalue weighted by molar-refractivity contribution is 0.0951. The molecule has 2 N–H and O–H groups in total. The van der Waals surface area contributed by atoms with Crippen LogP contribution >= 0.6 is 11.6 Å². The van der Waals surface area contributed by atoms with Crippen molar-refractivity contribution in [2.75, 3.05) is 0 Å². The summed E-state index contributed by atoms with van der Waals surface area (Å²) in [4.78, 5) is 20.0. The van der Waals surface area contributed by atoms with E-state index in [0.717, 1.165) is 27.6 Å². The number of rotatable bonds is 4. The van der Waals surface area contributed by atoms with Gasteiger partial charge in [-0.1, -0.05) is 54.1 Å². The van der Waals surface area contributed by atoms with Crippen LogP contribution < -0.4 is 5.43 Å². The van der Waals surface area contributed by atoms with E-state index >= 15 is 0 Å². The molecule has 4 rings (SSSR count). The van der Waals surface area contributed by atoms with E-state index in [1.54, 1.807) is 30.7 Å². The lowest BCUT2D eigenvalue weighted by atomic mass is 10.0. The number of pyridine rings is 1. The Labute approximate surface area is 160 Å².